The van der Waals surface area contributed by atoms with Gasteiger partial charge in [0, 0.05) is 24.7 Å². The van der Waals surface area contributed by atoms with Crippen LogP contribution in [0.3, 0.4) is 0 Å². The van der Waals surface area contributed by atoms with Gasteiger partial charge in [-0.3, -0.25) is 14.3 Å². The first kappa shape index (κ1) is 16.7. The van der Waals surface area contributed by atoms with E-state index in [9.17, 15) is 4.79 Å². The molecule has 24 heavy (non-hydrogen) atoms. The standard InChI is InChI=1S/C19H21N3OS/c1-14(2)9-11-22-18(23)16-7-3-4-8-17(16)21-19(22)24-13-15-6-5-10-20-12-15/h3-8,10,12,14H,9,11,13H2,1-2H3. The molecule has 124 valence electrons. The fraction of sp³-hybridized carbons (Fsp3) is 0.316. The number of thioether (sulfide) groups is 1. The molecule has 3 rings (SSSR count). The summed E-state index contributed by atoms with van der Waals surface area (Å²) < 4.78 is 1.82. The molecular formula is C19H21N3OS. The largest absolute Gasteiger partial charge is 0.287 e. The molecule has 0 saturated carbocycles. The van der Waals surface area contributed by atoms with Crippen molar-refractivity contribution in [1.29, 1.82) is 0 Å². The Morgan fingerprint density at radius 2 is 2.00 bits per heavy atom. The predicted molar refractivity (Wildman–Crippen MR) is 99.3 cm³/mol. The Morgan fingerprint density at radius 1 is 1.17 bits per heavy atom. The molecule has 2 aromatic heterocycles. The van der Waals surface area contributed by atoms with Crippen molar-refractivity contribution >= 4 is 22.7 Å². The highest BCUT2D eigenvalue weighted by atomic mass is 32.2. The molecule has 0 aliphatic heterocycles. The van der Waals surface area contributed by atoms with Crippen LogP contribution >= 0.6 is 11.8 Å². The van der Waals surface area contributed by atoms with E-state index in [-0.39, 0.29) is 5.56 Å². The summed E-state index contributed by atoms with van der Waals surface area (Å²) >= 11 is 1.59. The highest BCUT2D eigenvalue weighted by molar-refractivity contribution is 7.98. The summed E-state index contributed by atoms with van der Waals surface area (Å²) in [5.41, 5.74) is 1.94. The van der Waals surface area contributed by atoms with E-state index < -0.39 is 0 Å². The molecule has 0 atom stereocenters. The van der Waals surface area contributed by atoms with E-state index >= 15 is 0 Å². The summed E-state index contributed by atoms with van der Waals surface area (Å²) in [6, 6.07) is 11.5. The van der Waals surface area contributed by atoms with Crippen LogP contribution in [0.2, 0.25) is 0 Å². The van der Waals surface area contributed by atoms with E-state index in [1.54, 1.807) is 18.0 Å². The third-order valence-corrected chi connectivity index (χ3v) is 4.89. The summed E-state index contributed by atoms with van der Waals surface area (Å²) in [6.45, 7) is 5.04. The number of rotatable bonds is 6. The van der Waals surface area contributed by atoms with Crippen LogP contribution in [0.15, 0.2) is 58.7 Å². The van der Waals surface area contributed by atoms with Gasteiger partial charge in [0.15, 0.2) is 5.16 Å². The molecule has 0 N–H and O–H groups in total. The Labute approximate surface area is 146 Å². The molecule has 0 aliphatic carbocycles. The second-order valence-corrected chi connectivity index (χ2v) is 7.14. The fourth-order valence-corrected chi connectivity index (χ4v) is 3.43. The van der Waals surface area contributed by atoms with Crippen LogP contribution in [-0.2, 0) is 12.3 Å². The molecule has 0 saturated heterocycles. The van der Waals surface area contributed by atoms with Gasteiger partial charge in [-0.2, -0.15) is 0 Å². The number of benzene rings is 1. The zero-order valence-corrected chi connectivity index (χ0v) is 14.8. The number of fused-ring (bicyclic) bond motifs is 1. The van der Waals surface area contributed by atoms with E-state index in [1.807, 2.05) is 47.2 Å². The number of para-hydroxylation sites is 1. The first-order valence-corrected chi connectivity index (χ1v) is 9.15. The zero-order chi connectivity index (χ0) is 16.9. The Hall–Kier alpha value is -2.14. The van der Waals surface area contributed by atoms with E-state index in [0.717, 1.165) is 28.4 Å². The molecule has 3 aromatic rings. The van der Waals surface area contributed by atoms with Crippen molar-refractivity contribution < 1.29 is 0 Å². The molecule has 0 bridgehead atoms. The minimum absolute atomic E-state index is 0.0509. The van der Waals surface area contributed by atoms with E-state index in [1.165, 1.54) is 0 Å². The van der Waals surface area contributed by atoms with Crippen molar-refractivity contribution in [1.82, 2.24) is 14.5 Å². The van der Waals surface area contributed by atoms with Gasteiger partial charge >= 0.3 is 0 Å². The molecule has 5 heteroatoms. The number of hydrogen-bond donors (Lipinski definition) is 0. The summed E-state index contributed by atoms with van der Waals surface area (Å²) in [6.07, 6.45) is 4.58. The van der Waals surface area contributed by atoms with Crippen LogP contribution in [0.5, 0.6) is 0 Å². The van der Waals surface area contributed by atoms with Crippen molar-refractivity contribution in [3.05, 3.63) is 64.7 Å². The summed E-state index contributed by atoms with van der Waals surface area (Å²) in [4.78, 5) is 21.7. The molecule has 1 aromatic carbocycles. The van der Waals surface area contributed by atoms with E-state index in [2.05, 4.69) is 18.8 Å². The summed E-state index contributed by atoms with van der Waals surface area (Å²) in [7, 11) is 0. The van der Waals surface area contributed by atoms with Crippen molar-refractivity contribution in [2.45, 2.75) is 37.7 Å². The van der Waals surface area contributed by atoms with Gasteiger partial charge in [0.1, 0.15) is 0 Å². The molecule has 0 radical (unpaired) electrons. The first-order chi connectivity index (χ1) is 11.6. The maximum atomic E-state index is 12.9. The van der Waals surface area contributed by atoms with Crippen molar-refractivity contribution in [2.75, 3.05) is 0 Å². The quantitative estimate of drug-likeness (QED) is 0.500. The lowest BCUT2D eigenvalue weighted by Crippen LogP contribution is -2.24. The van der Waals surface area contributed by atoms with Gasteiger partial charge in [-0.25, -0.2) is 4.98 Å². The number of nitrogens with zero attached hydrogens (tertiary/aromatic N) is 3. The highest BCUT2D eigenvalue weighted by Gasteiger charge is 2.12. The monoisotopic (exact) mass is 339 g/mol. The van der Waals surface area contributed by atoms with Gasteiger partial charge in [0.2, 0.25) is 0 Å². The van der Waals surface area contributed by atoms with Crippen LogP contribution in [-0.4, -0.2) is 14.5 Å². The van der Waals surface area contributed by atoms with Gasteiger partial charge in [-0.05, 0) is 36.1 Å². The Morgan fingerprint density at radius 3 is 2.75 bits per heavy atom. The second-order valence-electron chi connectivity index (χ2n) is 6.20. The zero-order valence-electron chi connectivity index (χ0n) is 14.0. The fourth-order valence-electron chi connectivity index (χ4n) is 2.47. The third kappa shape index (κ3) is 3.85. The minimum atomic E-state index is 0.0509. The molecular weight excluding hydrogens is 318 g/mol. The van der Waals surface area contributed by atoms with Crippen molar-refractivity contribution in [3.8, 4) is 0 Å². The Bertz CT molecular complexity index is 875. The van der Waals surface area contributed by atoms with Crippen LogP contribution < -0.4 is 5.56 Å². The van der Waals surface area contributed by atoms with Crippen molar-refractivity contribution in [3.63, 3.8) is 0 Å². The van der Waals surface area contributed by atoms with Gasteiger partial charge in [0.25, 0.3) is 5.56 Å². The first-order valence-electron chi connectivity index (χ1n) is 8.16. The van der Waals surface area contributed by atoms with Crippen LogP contribution in [0.25, 0.3) is 10.9 Å². The smallest absolute Gasteiger partial charge is 0.262 e. The normalized spacial score (nSPS) is 11.3. The lowest BCUT2D eigenvalue weighted by atomic mass is 10.1. The molecule has 2 heterocycles. The SMILES string of the molecule is CC(C)CCn1c(SCc2cccnc2)nc2ccccc2c1=O. The topological polar surface area (TPSA) is 47.8 Å². The Kier molecular flexibility index (Phi) is 5.30. The third-order valence-electron chi connectivity index (χ3n) is 3.85. The van der Waals surface area contributed by atoms with Gasteiger partial charge in [-0.15, -0.1) is 0 Å². The van der Waals surface area contributed by atoms with E-state index in [4.69, 9.17) is 4.98 Å². The van der Waals surface area contributed by atoms with Crippen molar-refractivity contribution in [2.24, 2.45) is 5.92 Å². The maximum absolute atomic E-state index is 12.9. The highest BCUT2D eigenvalue weighted by Crippen LogP contribution is 2.22. The Balaban J connectivity index is 1.97. The second kappa shape index (κ2) is 7.62. The number of hydrogen-bond acceptors (Lipinski definition) is 4. The average Bonchev–Trinajstić information content (AvgIpc) is 2.60. The lowest BCUT2D eigenvalue weighted by Gasteiger charge is -2.14. The van der Waals surface area contributed by atoms with Gasteiger partial charge in [0.05, 0.1) is 10.9 Å². The minimum Gasteiger partial charge on any atom is -0.287 e. The maximum Gasteiger partial charge on any atom is 0.262 e. The van der Waals surface area contributed by atoms with Crippen LogP contribution in [0.4, 0.5) is 0 Å². The number of aromatic nitrogens is 3. The molecule has 0 spiro atoms. The van der Waals surface area contributed by atoms with Crippen LogP contribution in [0, 0.1) is 5.92 Å². The average molecular weight is 339 g/mol. The van der Waals surface area contributed by atoms with Gasteiger partial charge in [-0.1, -0.05) is 43.8 Å². The molecule has 0 fully saturated rings. The van der Waals surface area contributed by atoms with Gasteiger partial charge < -0.3 is 0 Å². The molecule has 0 aliphatic rings. The van der Waals surface area contributed by atoms with E-state index in [0.29, 0.717) is 17.8 Å². The molecule has 0 unspecified atom stereocenters. The summed E-state index contributed by atoms with van der Waals surface area (Å²) in [5, 5.41) is 1.47. The molecule has 0 amide bonds. The molecule has 4 nitrogen and oxygen atoms in total. The summed E-state index contributed by atoms with van der Waals surface area (Å²) in [5.74, 6) is 1.29. The predicted octanol–water partition coefficient (Wildman–Crippen LogP) is 4.13. The van der Waals surface area contributed by atoms with Crippen LogP contribution in [0.1, 0.15) is 25.8 Å². The number of pyridine rings is 1. The lowest BCUT2D eigenvalue weighted by molar-refractivity contribution is 0.481.